The smallest absolute Gasteiger partial charge is 0.416 e. The Kier molecular flexibility index (Phi) is 6.27. The number of aliphatic hydroxyl groups excluding tert-OH is 1. The summed E-state index contributed by atoms with van der Waals surface area (Å²) >= 11 is 0. The summed E-state index contributed by atoms with van der Waals surface area (Å²) in [5.74, 6) is -0.531. The summed E-state index contributed by atoms with van der Waals surface area (Å²) in [4.78, 5) is 16.9. The van der Waals surface area contributed by atoms with E-state index in [0.29, 0.717) is 5.65 Å². The maximum Gasteiger partial charge on any atom is 0.416 e. The van der Waals surface area contributed by atoms with Gasteiger partial charge in [0.1, 0.15) is 24.0 Å². The van der Waals surface area contributed by atoms with Gasteiger partial charge in [-0.2, -0.15) is 18.3 Å². The number of aliphatic hydroxyl groups is 1. The average Bonchev–Trinajstić information content (AvgIpc) is 3.26. The van der Waals surface area contributed by atoms with Crippen LogP contribution in [0.1, 0.15) is 15.9 Å². The van der Waals surface area contributed by atoms with Crippen LogP contribution >= 0.6 is 0 Å². The van der Waals surface area contributed by atoms with Gasteiger partial charge in [-0.1, -0.05) is 36.4 Å². The van der Waals surface area contributed by atoms with Crippen LogP contribution in [0, 0.1) is 0 Å². The lowest BCUT2D eigenvalue weighted by Gasteiger charge is -2.14. The van der Waals surface area contributed by atoms with Crippen molar-refractivity contribution in [2.75, 3.05) is 13.2 Å². The molecule has 4 aromatic rings. The molecule has 0 aliphatic rings. The Morgan fingerprint density at radius 1 is 1.12 bits per heavy atom. The van der Waals surface area contributed by atoms with Crippen molar-refractivity contribution in [1.82, 2.24) is 19.9 Å². The monoisotopic (exact) mass is 456 g/mol. The predicted molar refractivity (Wildman–Crippen MR) is 114 cm³/mol. The Hall–Kier alpha value is -3.92. The van der Waals surface area contributed by atoms with Gasteiger partial charge < -0.3 is 15.2 Å². The van der Waals surface area contributed by atoms with Crippen molar-refractivity contribution >= 4 is 11.6 Å². The number of halogens is 3. The van der Waals surface area contributed by atoms with Crippen molar-refractivity contribution in [3.8, 4) is 17.0 Å². The third kappa shape index (κ3) is 5.12. The largest absolute Gasteiger partial charge is 0.491 e. The first-order valence-corrected chi connectivity index (χ1v) is 9.97. The van der Waals surface area contributed by atoms with Gasteiger partial charge in [-0.05, 0) is 24.3 Å². The van der Waals surface area contributed by atoms with E-state index in [4.69, 9.17) is 4.74 Å². The third-order valence-corrected chi connectivity index (χ3v) is 4.82. The van der Waals surface area contributed by atoms with Gasteiger partial charge >= 0.3 is 6.18 Å². The van der Waals surface area contributed by atoms with Crippen LogP contribution in [0.4, 0.5) is 13.2 Å². The molecule has 0 aliphatic carbocycles. The molecule has 0 saturated heterocycles. The minimum absolute atomic E-state index is 0.0320. The Morgan fingerprint density at radius 3 is 2.67 bits per heavy atom. The molecule has 2 aromatic carbocycles. The molecule has 0 bridgehead atoms. The van der Waals surface area contributed by atoms with Crippen LogP contribution in [0.5, 0.6) is 5.75 Å². The topological polar surface area (TPSA) is 88.8 Å². The fraction of sp³-hybridized carbons (Fsp3) is 0.174. The minimum atomic E-state index is -4.49. The molecule has 2 heterocycles. The molecule has 0 spiro atoms. The van der Waals surface area contributed by atoms with Crippen molar-refractivity contribution in [3.05, 3.63) is 84.2 Å². The van der Waals surface area contributed by atoms with Crippen LogP contribution < -0.4 is 10.1 Å². The number of carbonyl (C=O) groups is 1. The lowest BCUT2D eigenvalue weighted by molar-refractivity contribution is -0.137. The van der Waals surface area contributed by atoms with E-state index < -0.39 is 23.8 Å². The highest BCUT2D eigenvalue weighted by molar-refractivity contribution is 5.99. The van der Waals surface area contributed by atoms with Crippen molar-refractivity contribution < 1.29 is 27.8 Å². The molecule has 1 unspecified atom stereocenters. The van der Waals surface area contributed by atoms with Crippen LogP contribution in [0.25, 0.3) is 16.9 Å². The normalized spacial score (nSPS) is 12.5. The zero-order valence-electron chi connectivity index (χ0n) is 17.2. The average molecular weight is 456 g/mol. The highest BCUT2D eigenvalue weighted by atomic mass is 19.4. The zero-order valence-corrected chi connectivity index (χ0v) is 17.2. The lowest BCUT2D eigenvalue weighted by Crippen LogP contribution is -2.35. The molecule has 2 N–H and O–H groups in total. The van der Waals surface area contributed by atoms with Crippen molar-refractivity contribution in [2.45, 2.75) is 12.3 Å². The molecule has 1 amide bonds. The number of rotatable bonds is 7. The SMILES string of the molecule is O=C(NCC(O)COc1cccc(C(F)(F)F)c1)c1cnn2c(-c3ccccc3)ccnc12. The zero-order chi connectivity index (χ0) is 23.4. The summed E-state index contributed by atoms with van der Waals surface area (Å²) in [6.45, 7) is -0.472. The molecule has 0 radical (unpaired) electrons. The van der Waals surface area contributed by atoms with Crippen LogP contribution in [0.15, 0.2) is 73.1 Å². The molecule has 4 rings (SSSR count). The second kappa shape index (κ2) is 9.29. The number of benzene rings is 2. The molecule has 0 aliphatic heterocycles. The maximum atomic E-state index is 12.8. The molecular weight excluding hydrogens is 437 g/mol. The second-order valence-electron chi connectivity index (χ2n) is 7.19. The third-order valence-electron chi connectivity index (χ3n) is 4.82. The van der Waals surface area contributed by atoms with E-state index in [-0.39, 0.29) is 24.5 Å². The summed E-state index contributed by atoms with van der Waals surface area (Å²) in [5, 5.41) is 16.9. The van der Waals surface area contributed by atoms with Gasteiger partial charge in [0.15, 0.2) is 5.65 Å². The molecule has 1 atom stereocenters. The molecule has 33 heavy (non-hydrogen) atoms. The Labute approximate surface area is 186 Å². The van der Waals surface area contributed by atoms with Crippen LogP contribution in [0.3, 0.4) is 0 Å². The summed E-state index contributed by atoms with van der Waals surface area (Å²) in [6, 6.07) is 15.6. The van der Waals surface area contributed by atoms with Gasteiger partial charge in [-0.3, -0.25) is 4.79 Å². The van der Waals surface area contributed by atoms with Crippen LogP contribution in [-0.4, -0.2) is 44.9 Å². The van der Waals surface area contributed by atoms with Crippen LogP contribution in [-0.2, 0) is 6.18 Å². The highest BCUT2D eigenvalue weighted by Crippen LogP contribution is 2.31. The van der Waals surface area contributed by atoms with E-state index in [1.54, 1.807) is 16.8 Å². The van der Waals surface area contributed by atoms with Gasteiger partial charge in [0.25, 0.3) is 5.91 Å². The predicted octanol–water partition coefficient (Wildman–Crippen LogP) is 3.58. The van der Waals surface area contributed by atoms with Crippen molar-refractivity contribution in [3.63, 3.8) is 0 Å². The number of aromatic nitrogens is 3. The summed E-state index contributed by atoms with van der Waals surface area (Å²) in [7, 11) is 0. The van der Waals surface area contributed by atoms with E-state index in [0.717, 1.165) is 23.4 Å². The van der Waals surface area contributed by atoms with E-state index in [1.165, 1.54) is 18.3 Å². The minimum Gasteiger partial charge on any atom is -0.491 e. The fourth-order valence-corrected chi connectivity index (χ4v) is 3.20. The van der Waals surface area contributed by atoms with E-state index in [2.05, 4.69) is 15.4 Å². The maximum absolute atomic E-state index is 12.8. The van der Waals surface area contributed by atoms with Crippen LogP contribution in [0.2, 0.25) is 0 Å². The van der Waals surface area contributed by atoms with E-state index in [9.17, 15) is 23.1 Å². The molecule has 2 aromatic heterocycles. The summed E-state index contributed by atoms with van der Waals surface area (Å²) < 4.78 is 45.1. The van der Waals surface area contributed by atoms with E-state index in [1.807, 2.05) is 30.3 Å². The standard InChI is InChI=1S/C23H19F3N4O3/c24-23(25,26)16-7-4-8-18(11-16)33-14-17(31)12-28-22(32)19-13-29-30-20(9-10-27-21(19)30)15-5-2-1-3-6-15/h1-11,13,17,31H,12,14H2,(H,28,32). The van der Waals surface area contributed by atoms with Gasteiger partial charge in [0, 0.05) is 18.3 Å². The molecule has 170 valence electrons. The summed E-state index contributed by atoms with van der Waals surface area (Å²) in [6.07, 6.45) is -2.67. The van der Waals surface area contributed by atoms with Crippen molar-refractivity contribution in [2.24, 2.45) is 0 Å². The number of ether oxygens (including phenoxy) is 1. The van der Waals surface area contributed by atoms with E-state index >= 15 is 0 Å². The number of amides is 1. The molecule has 0 saturated carbocycles. The number of carbonyl (C=O) groups excluding carboxylic acids is 1. The fourth-order valence-electron chi connectivity index (χ4n) is 3.20. The first-order valence-electron chi connectivity index (χ1n) is 9.97. The quantitative estimate of drug-likeness (QED) is 0.444. The first kappa shape index (κ1) is 22.3. The molecule has 10 heteroatoms. The first-order chi connectivity index (χ1) is 15.8. The number of alkyl halides is 3. The molecule has 0 fully saturated rings. The van der Waals surface area contributed by atoms with Gasteiger partial charge in [-0.25, -0.2) is 9.50 Å². The number of nitrogens with zero attached hydrogens (tertiary/aromatic N) is 3. The van der Waals surface area contributed by atoms with Gasteiger partial charge in [-0.15, -0.1) is 0 Å². The lowest BCUT2D eigenvalue weighted by atomic mass is 10.1. The van der Waals surface area contributed by atoms with Gasteiger partial charge in [0.2, 0.25) is 0 Å². The second-order valence-corrected chi connectivity index (χ2v) is 7.19. The number of nitrogens with one attached hydrogen (secondary N) is 1. The Balaban J connectivity index is 1.38. The Morgan fingerprint density at radius 2 is 1.91 bits per heavy atom. The number of hydrogen-bond acceptors (Lipinski definition) is 5. The number of hydrogen-bond donors (Lipinski definition) is 2. The molecule has 7 nitrogen and oxygen atoms in total. The summed E-state index contributed by atoms with van der Waals surface area (Å²) in [5.41, 5.74) is 1.39. The van der Waals surface area contributed by atoms with Gasteiger partial charge in [0.05, 0.1) is 17.5 Å². The molecular formula is C23H19F3N4O3. The highest BCUT2D eigenvalue weighted by Gasteiger charge is 2.30. The number of fused-ring (bicyclic) bond motifs is 1. The van der Waals surface area contributed by atoms with Crippen molar-refractivity contribution in [1.29, 1.82) is 0 Å². The Bertz CT molecular complexity index is 1260.